The van der Waals surface area contributed by atoms with E-state index in [2.05, 4.69) is 11.4 Å². The molecule has 2 aromatic rings. The van der Waals surface area contributed by atoms with Crippen LogP contribution in [0.15, 0.2) is 42.5 Å². The minimum Gasteiger partial charge on any atom is -0.497 e. The van der Waals surface area contributed by atoms with E-state index in [9.17, 15) is 4.79 Å². The first kappa shape index (κ1) is 14.4. The van der Waals surface area contributed by atoms with Gasteiger partial charge in [-0.3, -0.25) is 4.79 Å². The minimum atomic E-state index is -0.115. The predicted molar refractivity (Wildman–Crippen MR) is 88.2 cm³/mol. The first-order chi connectivity index (χ1) is 10.7. The van der Waals surface area contributed by atoms with Crippen LogP contribution in [-0.4, -0.2) is 13.0 Å². The number of ether oxygens (including phenoxy) is 1. The molecular weight excluding hydrogens is 276 g/mol. The van der Waals surface area contributed by atoms with Crippen molar-refractivity contribution in [2.24, 2.45) is 0 Å². The summed E-state index contributed by atoms with van der Waals surface area (Å²) >= 11 is 0. The molecule has 0 radical (unpaired) electrons. The molecule has 114 valence electrons. The lowest BCUT2D eigenvalue weighted by Crippen LogP contribution is -2.25. The smallest absolute Gasteiger partial charge is 0.231 e. The van der Waals surface area contributed by atoms with Gasteiger partial charge in [0.2, 0.25) is 5.91 Å². The van der Waals surface area contributed by atoms with E-state index < -0.39 is 0 Å². The highest BCUT2D eigenvalue weighted by molar-refractivity contribution is 5.98. The van der Waals surface area contributed by atoms with Gasteiger partial charge in [0.05, 0.1) is 24.4 Å². The molecule has 22 heavy (non-hydrogen) atoms. The van der Waals surface area contributed by atoms with Gasteiger partial charge in [-0.05, 0) is 42.5 Å². The molecule has 4 heteroatoms. The van der Waals surface area contributed by atoms with Gasteiger partial charge in [0.25, 0.3) is 0 Å². The van der Waals surface area contributed by atoms with Crippen LogP contribution in [0.2, 0.25) is 0 Å². The molecule has 0 aliphatic heterocycles. The lowest BCUT2D eigenvalue weighted by molar-refractivity contribution is -0.117. The van der Waals surface area contributed by atoms with Crippen molar-refractivity contribution in [3.8, 4) is 5.75 Å². The number of nitrogens with two attached hydrogens (primary N) is 1. The molecule has 0 fully saturated rings. The van der Waals surface area contributed by atoms with E-state index in [0.717, 1.165) is 24.8 Å². The van der Waals surface area contributed by atoms with Crippen molar-refractivity contribution in [1.82, 2.24) is 0 Å². The molecule has 0 heterocycles. The van der Waals surface area contributed by atoms with E-state index in [0.29, 0.717) is 17.1 Å². The third-order valence-electron chi connectivity index (χ3n) is 4.20. The van der Waals surface area contributed by atoms with E-state index in [1.807, 2.05) is 18.2 Å². The number of hydrogen-bond acceptors (Lipinski definition) is 3. The quantitative estimate of drug-likeness (QED) is 0.854. The maximum Gasteiger partial charge on any atom is 0.231 e. The molecule has 2 aromatic carbocycles. The molecule has 4 nitrogen and oxygen atoms in total. The number of hydrogen-bond donors (Lipinski definition) is 2. The Kier molecular flexibility index (Phi) is 4.00. The van der Waals surface area contributed by atoms with Crippen LogP contribution >= 0.6 is 0 Å². The average molecular weight is 296 g/mol. The second-order valence-corrected chi connectivity index (χ2v) is 5.59. The Morgan fingerprint density at radius 1 is 1.27 bits per heavy atom. The summed E-state index contributed by atoms with van der Waals surface area (Å²) in [5.41, 5.74) is 9.49. The summed E-state index contributed by atoms with van der Waals surface area (Å²) in [6.45, 7) is 0. The highest BCUT2D eigenvalue weighted by Gasteiger charge is 2.26. The van der Waals surface area contributed by atoms with Crippen LogP contribution in [0.5, 0.6) is 5.75 Å². The van der Waals surface area contributed by atoms with Crippen LogP contribution in [0.3, 0.4) is 0 Å². The molecule has 0 saturated heterocycles. The number of methoxy groups -OCH3 is 1. The van der Waals surface area contributed by atoms with Crippen molar-refractivity contribution in [3.05, 3.63) is 53.6 Å². The number of nitrogens with one attached hydrogen (secondary N) is 1. The van der Waals surface area contributed by atoms with Crippen LogP contribution in [0.1, 0.15) is 29.9 Å². The Morgan fingerprint density at radius 3 is 2.91 bits per heavy atom. The van der Waals surface area contributed by atoms with E-state index in [1.165, 1.54) is 5.56 Å². The summed E-state index contributed by atoms with van der Waals surface area (Å²) in [5, 5.41) is 2.95. The van der Waals surface area contributed by atoms with E-state index >= 15 is 0 Å². The van der Waals surface area contributed by atoms with Crippen molar-refractivity contribution in [2.75, 3.05) is 18.2 Å². The maximum atomic E-state index is 12.7. The number of anilines is 2. The number of amides is 1. The Morgan fingerprint density at radius 2 is 2.09 bits per heavy atom. The largest absolute Gasteiger partial charge is 0.497 e. The monoisotopic (exact) mass is 296 g/mol. The molecule has 1 unspecified atom stereocenters. The molecule has 1 atom stereocenters. The van der Waals surface area contributed by atoms with Crippen LogP contribution in [0.25, 0.3) is 0 Å². The molecule has 0 spiro atoms. The number of carbonyl (C=O) groups excluding carboxylic acids is 1. The predicted octanol–water partition coefficient (Wildman–Crippen LogP) is 3.34. The van der Waals surface area contributed by atoms with Crippen LogP contribution in [-0.2, 0) is 11.2 Å². The molecular formula is C18H20N2O2. The first-order valence-electron chi connectivity index (χ1n) is 7.51. The zero-order valence-electron chi connectivity index (χ0n) is 12.6. The highest BCUT2D eigenvalue weighted by Crippen LogP contribution is 2.33. The summed E-state index contributed by atoms with van der Waals surface area (Å²) in [5.74, 6) is 0.552. The van der Waals surface area contributed by atoms with Gasteiger partial charge < -0.3 is 15.8 Å². The van der Waals surface area contributed by atoms with Crippen LogP contribution in [0, 0.1) is 0 Å². The lowest BCUT2D eigenvalue weighted by Gasteiger charge is -2.25. The summed E-state index contributed by atoms with van der Waals surface area (Å²) < 4.78 is 5.19. The molecule has 1 aliphatic carbocycles. The van der Waals surface area contributed by atoms with Gasteiger partial charge >= 0.3 is 0 Å². The normalized spacial score (nSPS) is 16.7. The van der Waals surface area contributed by atoms with E-state index in [4.69, 9.17) is 10.5 Å². The second-order valence-electron chi connectivity index (χ2n) is 5.59. The van der Waals surface area contributed by atoms with Gasteiger partial charge in [-0.25, -0.2) is 0 Å². The summed E-state index contributed by atoms with van der Waals surface area (Å²) in [4.78, 5) is 12.7. The Hall–Kier alpha value is -2.49. The Labute approximate surface area is 130 Å². The third-order valence-corrected chi connectivity index (χ3v) is 4.20. The zero-order chi connectivity index (χ0) is 15.5. The van der Waals surface area contributed by atoms with Crippen molar-refractivity contribution in [3.63, 3.8) is 0 Å². The van der Waals surface area contributed by atoms with E-state index in [1.54, 1.807) is 25.3 Å². The molecule has 0 bridgehead atoms. The lowest BCUT2D eigenvalue weighted by atomic mass is 9.82. The summed E-state index contributed by atoms with van der Waals surface area (Å²) in [7, 11) is 1.59. The summed E-state index contributed by atoms with van der Waals surface area (Å²) in [6.07, 6.45) is 2.94. The van der Waals surface area contributed by atoms with E-state index in [-0.39, 0.29) is 11.8 Å². The number of benzene rings is 2. The molecule has 1 amide bonds. The fourth-order valence-corrected chi connectivity index (χ4v) is 3.02. The van der Waals surface area contributed by atoms with Gasteiger partial charge in [-0.2, -0.15) is 0 Å². The fraction of sp³-hybridized carbons (Fsp3) is 0.278. The number of aryl methyl sites for hydroxylation is 1. The first-order valence-corrected chi connectivity index (χ1v) is 7.51. The van der Waals surface area contributed by atoms with Crippen LogP contribution < -0.4 is 15.8 Å². The van der Waals surface area contributed by atoms with Crippen molar-refractivity contribution in [1.29, 1.82) is 0 Å². The topological polar surface area (TPSA) is 64.3 Å². The Balaban J connectivity index is 1.84. The number of rotatable bonds is 3. The third kappa shape index (κ3) is 2.77. The standard InChI is InChI=1S/C18H20N2O2/c1-22-13-9-10-16(19)17(11-13)20-18(21)15-8-4-6-12-5-2-3-7-14(12)15/h2-3,5,7,9-11,15H,4,6,8,19H2,1H3,(H,20,21). The Bertz CT molecular complexity index is 697. The molecule has 0 saturated carbocycles. The van der Waals surface area contributed by atoms with Gasteiger partial charge in [0.1, 0.15) is 5.75 Å². The number of nitrogen functional groups attached to an aromatic ring is 1. The maximum absolute atomic E-state index is 12.7. The minimum absolute atomic E-state index is 0.00731. The average Bonchev–Trinajstić information content (AvgIpc) is 2.56. The number of fused-ring (bicyclic) bond motifs is 1. The van der Waals surface area contributed by atoms with Crippen molar-refractivity contribution in [2.45, 2.75) is 25.2 Å². The van der Waals surface area contributed by atoms with Crippen LogP contribution in [0.4, 0.5) is 11.4 Å². The van der Waals surface area contributed by atoms with Crippen molar-refractivity contribution >= 4 is 17.3 Å². The molecule has 1 aliphatic rings. The molecule has 3 rings (SSSR count). The number of carbonyl (C=O) groups is 1. The zero-order valence-corrected chi connectivity index (χ0v) is 12.6. The van der Waals surface area contributed by atoms with Gasteiger partial charge in [0.15, 0.2) is 0 Å². The molecule has 0 aromatic heterocycles. The highest BCUT2D eigenvalue weighted by atomic mass is 16.5. The second kappa shape index (κ2) is 6.10. The van der Waals surface area contributed by atoms with Crippen molar-refractivity contribution < 1.29 is 9.53 Å². The van der Waals surface area contributed by atoms with Gasteiger partial charge in [0, 0.05) is 6.07 Å². The molecule has 3 N–H and O–H groups in total. The summed E-state index contributed by atoms with van der Waals surface area (Å²) in [6, 6.07) is 13.4. The fourth-order valence-electron chi connectivity index (χ4n) is 3.02. The van der Waals surface area contributed by atoms with Gasteiger partial charge in [-0.1, -0.05) is 24.3 Å². The van der Waals surface area contributed by atoms with Gasteiger partial charge in [-0.15, -0.1) is 0 Å². The SMILES string of the molecule is COc1ccc(N)c(NC(=O)C2CCCc3ccccc32)c1.